The van der Waals surface area contributed by atoms with Crippen LogP contribution in [0.4, 0.5) is 0 Å². The number of hydrogen-bond donors (Lipinski definition) is 1. The van der Waals surface area contributed by atoms with Gasteiger partial charge in [0.1, 0.15) is 12.4 Å². The SMILES string of the molecule is CNC(C)c1ccc(C)cc1OCc1ccncc1Cl. The van der Waals surface area contributed by atoms with Gasteiger partial charge in [-0.2, -0.15) is 0 Å². The molecule has 1 aromatic heterocycles. The maximum Gasteiger partial charge on any atom is 0.124 e. The number of nitrogens with one attached hydrogen (secondary N) is 1. The highest BCUT2D eigenvalue weighted by atomic mass is 35.5. The number of ether oxygens (including phenoxy) is 1. The molecule has 0 aliphatic heterocycles. The second kappa shape index (κ2) is 6.73. The lowest BCUT2D eigenvalue weighted by molar-refractivity contribution is 0.300. The molecule has 0 saturated carbocycles. The molecular formula is C16H19ClN2O. The molecule has 106 valence electrons. The van der Waals surface area contributed by atoms with Gasteiger partial charge in [0.05, 0.1) is 5.02 Å². The molecule has 1 atom stereocenters. The minimum Gasteiger partial charge on any atom is -0.488 e. The lowest BCUT2D eigenvalue weighted by Gasteiger charge is -2.17. The summed E-state index contributed by atoms with van der Waals surface area (Å²) in [6.07, 6.45) is 3.35. The van der Waals surface area contributed by atoms with Crippen LogP contribution in [0.3, 0.4) is 0 Å². The second-order valence-corrected chi connectivity index (χ2v) is 5.21. The molecule has 4 heteroatoms. The molecule has 0 fully saturated rings. The summed E-state index contributed by atoms with van der Waals surface area (Å²) in [4.78, 5) is 3.98. The molecule has 0 aliphatic rings. The maximum atomic E-state index is 6.10. The first-order chi connectivity index (χ1) is 9.61. The van der Waals surface area contributed by atoms with Gasteiger partial charge in [0.15, 0.2) is 0 Å². The lowest BCUT2D eigenvalue weighted by Crippen LogP contribution is -2.14. The Labute approximate surface area is 124 Å². The van der Waals surface area contributed by atoms with Crippen LogP contribution < -0.4 is 10.1 Å². The Bertz CT molecular complexity index is 586. The zero-order chi connectivity index (χ0) is 14.5. The summed E-state index contributed by atoms with van der Waals surface area (Å²) in [6, 6.07) is 8.35. The summed E-state index contributed by atoms with van der Waals surface area (Å²) >= 11 is 6.10. The molecule has 0 spiro atoms. The molecule has 20 heavy (non-hydrogen) atoms. The van der Waals surface area contributed by atoms with Crippen LogP contribution in [0.2, 0.25) is 5.02 Å². The normalized spacial score (nSPS) is 12.2. The molecule has 1 N–H and O–H groups in total. The Balaban J connectivity index is 2.20. The van der Waals surface area contributed by atoms with Crippen molar-refractivity contribution in [3.63, 3.8) is 0 Å². The van der Waals surface area contributed by atoms with Crippen LogP contribution in [0, 0.1) is 6.92 Å². The zero-order valence-corrected chi connectivity index (χ0v) is 12.7. The molecule has 0 saturated heterocycles. The summed E-state index contributed by atoms with van der Waals surface area (Å²) in [5.74, 6) is 0.889. The largest absolute Gasteiger partial charge is 0.488 e. The van der Waals surface area contributed by atoms with E-state index in [0.717, 1.165) is 16.9 Å². The van der Waals surface area contributed by atoms with Gasteiger partial charge in [0, 0.05) is 29.6 Å². The minimum absolute atomic E-state index is 0.235. The molecule has 0 aliphatic carbocycles. The van der Waals surface area contributed by atoms with Crippen LogP contribution in [0.1, 0.15) is 29.7 Å². The first-order valence-corrected chi connectivity index (χ1v) is 6.98. The Morgan fingerprint density at radius 1 is 1.35 bits per heavy atom. The molecule has 1 heterocycles. The van der Waals surface area contributed by atoms with Crippen LogP contribution in [-0.2, 0) is 6.61 Å². The van der Waals surface area contributed by atoms with E-state index in [1.165, 1.54) is 5.56 Å². The summed E-state index contributed by atoms with van der Waals surface area (Å²) in [7, 11) is 1.94. The first kappa shape index (κ1) is 14.8. The molecule has 2 aromatic rings. The molecule has 0 bridgehead atoms. The molecule has 1 aromatic carbocycles. The maximum absolute atomic E-state index is 6.10. The highest BCUT2D eigenvalue weighted by molar-refractivity contribution is 6.31. The van der Waals surface area contributed by atoms with Gasteiger partial charge in [-0.1, -0.05) is 23.7 Å². The summed E-state index contributed by atoms with van der Waals surface area (Å²) in [6.45, 7) is 4.60. The number of rotatable bonds is 5. The van der Waals surface area contributed by atoms with Crippen molar-refractivity contribution in [1.29, 1.82) is 0 Å². The van der Waals surface area contributed by atoms with E-state index >= 15 is 0 Å². The lowest BCUT2D eigenvalue weighted by atomic mass is 10.1. The van der Waals surface area contributed by atoms with E-state index in [-0.39, 0.29) is 6.04 Å². The predicted octanol–water partition coefficient (Wildman–Crippen LogP) is 3.90. The van der Waals surface area contributed by atoms with Gasteiger partial charge in [0.2, 0.25) is 0 Å². The second-order valence-electron chi connectivity index (χ2n) is 4.81. The third-order valence-corrected chi connectivity index (χ3v) is 3.65. The monoisotopic (exact) mass is 290 g/mol. The Kier molecular flexibility index (Phi) is 4.99. The number of aromatic nitrogens is 1. The standard InChI is InChI=1S/C16H19ClN2O/c1-11-4-5-14(12(2)18-3)16(8-11)20-10-13-6-7-19-9-15(13)17/h4-9,12,18H,10H2,1-3H3. The van der Waals surface area contributed by atoms with Gasteiger partial charge in [0.25, 0.3) is 0 Å². The van der Waals surface area contributed by atoms with Crippen LogP contribution in [0.15, 0.2) is 36.7 Å². The fraction of sp³-hybridized carbons (Fsp3) is 0.312. The number of pyridine rings is 1. The molecule has 0 amide bonds. The van der Waals surface area contributed by atoms with Gasteiger partial charge in [-0.25, -0.2) is 0 Å². The number of hydrogen-bond acceptors (Lipinski definition) is 3. The van der Waals surface area contributed by atoms with E-state index in [0.29, 0.717) is 11.6 Å². The van der Waals surface area contributed by atoms with E-state index in [1.807, 2.05) is 13.1 Å². The van der Waals surface area contributed by atoms with Crippen LogP contribution >= 0.6 is 11.6 Å². The topological polar surface area (TPSA) is 34.1 Å². The van der Waals surface area contributed by atoms with Crippen molar-refractivity contribution >= 4 is 11.6 Å². The Morgan fingerprint density at radius 2 is 2.15 bits per heavy atom. The van der Waals surface area contributed by atoms with Crippen LogP contribution in [-0.4, -0.2) is 12.0 Å². The third kappa shape index (κ3) is 3.50. The van der Waals surface area contributed by atoms with Crippen molar-refractivity contribution in [1.82, 2.24) is 10.3 Å². The van der Waals surface area contributed by atoms with Crippen molar-refractivity contribution in [2.24, 2.45) is 0 Å². The first-order valence-electron chi connectivity index (χ1n) is 6.61. The van der Waals surface area contributed by atoms with E-state index in [9.17, 15) is 0 Å². The summed E-state index contributed by atoms with van der Waals surface area (Å²) < 4.78 is 5.96. The number of aryl methyl sites for hydroxylation is 1. The van der Waals surface area contributed by atoms with Gasteiger partial charge in [-0.05, 0) is 38.6 Å². The van der Waals surface area contributed by atoms with Crippen molar-refractivity contribution in [3.05, 3.63) is 58.4 Å². The van der Waals surface area contributed by atoms with E-state index in [4.69, 9.17) is 16.3 Å². The Hall–Kier alpha value is -1.58. The molecule has 3 nitrogen and oxygen atoms in total. The van der Waals surface area contributed by atoms with E-state index in [2.05, 4.69) is 42.3 Å². The number of nitrogens with zero attached hydrogens (tertiary/aromatic N) is 1. The number of halogens is 1. The van der Waals surface area contributed by atoms with Gasteiger partial charge >= 0.3 is 0 Å². The fourth-order valence-corrected chi connectivity index (χ4v) is 2.13. The molecule has 2 rings (SSSR count). The van der Waals surface area contributed by atoms with E-state index in [1.54, 1.807) is 12.4 Å². The Morgan fingerprint density at radius 3 is 2.85 bits per heavy atom. The fourth-order valence-electron chi connectivity index (χ4n) is 1.96. The van der Waals surface area contributed by atoms with Gasteiger partial charge in [-0.15, -0.1) is 0 Å². The highest BCUT2D eigenvalue weighted by Crippen LogP contribution is 2.27. The average Bonchev–Trinajstić information content (AvgIpc) is 2.46. The quantitative estimate of drug-likeness (QED) is 0.907. The predicted molar refractivity (Wildman–Crippen MR) is 82.2 cm³/mol. The minimum atomic E-state index is 0.235. The number of benzene rings is 1. The summed E-state index contributed by atoms with van der Waals surface area (Å²) in [5, 5.41) is 3.86. The molecule has 0 radical (unpaired) electrons. The van der Waals surface area contributed by atoms with Crippen molar-refractivity contribution < 1.29 is 4.74 Å². The molecular weight excluding hydrogens is 272 g/mol. The van der Waals surface area contributed by atoms with Gasteiger partial charge < -0.3 is 10.1 Å². The van der Waals surface area contributed by atoms with Crippen LogP contribution in [0.5, 0.6) is 5.75 Å². The van der Waals surface area contributed by atoms with E-state index < -0.39 is 0 Å². The highest BCUT2D eigenvalue weighted by Gasteiger charge is 2.11. The smallest absolute Gasteiger partial charge is 0.124 e. The zero-order valence-electron chi connectivity index (χ0n) is 12.0. The van der Waals surface area contributed by atoms with Crippen molar-refractivity contribution in [3.8, 4) is 5.75 Å². The van der Waals surface area contributed by atoms with Crippen LogP contribution in [0.25, 0.3) is 0 Å². The third-order valence-electron chi connectivity index (χ3n) is 3.31. The molecule has 1 unspecified atom stereocenters. The van der Waals surface area contributed by atoms with Crippen molar-refractivity contribution in [2.75, 3.05) is 7.05 Å². The van der Waals surface area contributed by atoms with Gasteiger partial charge in [-0.3, -0.25) is 4.98 Å². The summed E-state index contributed by atoms with van der Waals surface area (Å²) in [5.41, 5.74) is 3.25. The average molecular weight is 291 g/mol. The van der Waals surface area contributed by atoms with Crippen molar-refractivity contribution in [2.45, 2.75) is 26.5 Å².